The summed E-state index contributed by atoms with van der Waals surface area (Å²) in [5.74, 6) is 0.567. The third-order valence-corrected chi connectivity index (χ3v) is 4.22. The van der Waals surface area contributed by atoms with E-state index in [1.807, 2.05) is 18.2 Å². The SMILES string of the molecule is CCNCc1cc(Br)ccc1OCc1ccc(F)cc1Br. The van der Waals surface area contributed by atoms with E-state index in [0.717, 1.165) is 34.4 Å². The molecule has 0 aromatic heterocycles. The summed E-state index contributed by atoms with van der Waals surface area (Å²) in [6.07, 6.45) is 0. The summed E-state index contributed by atoms with van der Waals surface area (Å²) in [6.45, 7) is 4.10. The van der Waals surface area contributed by atoms with E-state index >= 15 is 0 Å². The van der Waals surface area contributed by atoms with E-state index in [2.05, 4.69) is 44.1 Å². The van der Waals surface area contributed by atoms with Gasteiger partial charge in [-0.1, -0.05) is 44.8 Å². The van der Waals surface area contributed by atoms with Gasteiger partial charge in [0, 0.05) is 26.6 Å². The predicted octanol–water partition coefficient (Wildman–Crippen LogP) is 5.04. The summed E-state index contributed by atoms with van der Waals surface area (Å²) < 4.78 is 20.7. The fourth-order valence-corrected chi connectivity index (χ4v) is 2.75. The van der Waals surface area contributed by atoms with Crippen molar-refractivity contribution in [2.75, 3.05) is 6.54 Å². The van der Waals surface area contributed by atoms with Crippen molar-refractivity contribution in [3.05, 3.63) is 62.3 Å². The maximum atomic E-state index is 13.1. The third-order valence-electron chi connectivity index (χ3n) is 2.99. The molecule has 1 N–H and O–H groups in total. The van der Waals surface area contributed by atoms with Gasteiger partial charge in [-0.15, -0.1) is 0 Å². The minimum atomic E-state index is -0.262. The molecule has 0 fully saturated rings. The molecule has 0 radical (unpaired) electrons. The van der Waals surface area contributed by atoms with Gasteiger partial charge >= 0.3 is 0 Å². The van der Waals surface area contributed by atoms with E-state index in [-0.39, 0.29) is 5.82 Å². The van der Waals surface area contributed by atoms with Crippen LogP contribution in [0.5, 0.6) is 5.75 Å². The Morgan fingerprint density at radius 3 is 2.62 bits per heavy atom. The van der Waals surface area contributed by atoms with Crippen molar-refractivity contribution in [3.63, 3.8) is 0 Å². The Kier molecular flexibility index (Phi) is 6.21. The van der Waals surface area contributed by atoms with Gasteiger partial charge in [0.2, 0.25) is 0 Å². The Bertz CT molecular complexity index is 619. The minimum Gasteiger partial charge on any atom is -0.489 e. The van der Waals surface area contributed by atoms with E-state index < -0.39 is 0 Å². The third kappa shape index (κ3) is 4.80. The monoisotopic (exact) mass is 415 g/mol. The molecule has 2 aromatic rings. The van der Waals surface area contributed by atoms with Crippen LogP contribution < -0.4 is 10.1 Å². The molecule has 112 valence electrons. The molecule has 2 aromatic carbocycles. The van der Waals surface area contributed by atoms with E-state index in [9.17, 15) is 4.39 Å². The van der Waals surface area contributed by atoms with Crippen LogP contribution in [0.25, 0.3) is 0 Å². The Labute approximate surface area is 141 Å². The van der Waals surface area contributed by atoms with Crippen LogP contribution in [0, 0.1) is 5.82 Å². The first-order valence-electron chi connectivity index (χ1n) is 6.66. The van der Waals surface area contributed by atoms with Gasteiger partial charge in [0.05, 0.1) is 0 Å². The maximum Gasteiger partial charge on any atom is 0.124 e. The molecule has 2 rings (SSSR count). The number of benzene rings is 2. The van der Waals surface area contributed by atoms with Crippen LogP contribution >= 0.6 is 31.9 Å². The maximum absolute atomic E-state index is 13.1. The zero-order valence-corrected chi connectivity index (χ0v) is 14.8. The van der Waals surface area contributed by atoms with E-state index in [1.165, 1.54) is 12.1 Å². The molecule has 2 nitrogen and oxygen atoms in total. The van der Waals surface area contributed by atoms with Gasteiger partial charge in [-0.25, -0.2) is 4.39 Å². The number of nitrogens with one attached hydrogen (secondary N) is 1. The lowest BCUT2D eigenvalue weighted by molar-refractivity contribution is 0.301. The lowest BCUT2D eigenvalue weighted by atomic mass is 10.2. The first-order chi connectivity index (χ1) is 10.1. The molecule has 0 aliphatic carbocycles. The molecular formula is C16H16Br2FNO. The van der Waals surface area contributed by atoms with Crippen molar-refractivity contribution >= 4 is 31.9 Å². The molecule has 0 atom stereocenters. The van der Waals surface area contributed by atoms with Crippen LogP contribution in [0.2, 0.25) is 0 Å². The van der Waals surface area contributed by atoms with Crippen molar-refractivity contribution in [1.29, 1.82) is 0 Å². The highest BCUT2D eigenvalue weighted by Gasteiger charge is 2.07. The van der Waals surface area contributed by atoms with Gasteiger partial charge in [-0.3, -0.25) is 0 Å². The molecule has 0 heterocycles. The van der Waals surface area contributed by atoms with Crippen molar-refractivity contribution in [2.45, 2.75) is 20.1 Å². The molecule has 0 amide bonds. The number of halogens is 3. The largest absolute Gasteiger partial charge is 0.489 e. The minimum absolute atomic E-state index is 0.262. The summed E-state index contributed by atoms with van der Waals surface area (Å²) in [6, 6.07) is 10.5. The standard InChI is InChI=1S/C16H16Br2FNO/c1-2-20-9-12-7-13(17)4-6-16(12)21-10-11-3-5-14(19)8-15(11)18/h3-8,20H,2,9-10H2,1H3. The molecule has 0 bridgehead atoms. The number of hydrogen-bond donors (Lipinski definition) is 1. The van der Waals surface area contributed by atoms with Gasteiger partial charge in [0.1, 0.15) is 18.2 Å². The second-order valence-corrected chi connectivity index (χ2v) is 6.33. The Morgan fingerprint density at radius 1 is 1.10 bits per heavy atom. The normalized spacial score (nSPS) is 10.7. The second-order valence-electron chi connectivity index (χ2n) is 4.56. The zero-order chi connectivity index (χ0) is 15.2. The molecule has 0 aliphatic heterocycles. The number of hydrogen-bond acceptors (Lipinski definition) is 2. The van der Waals surface area contributed by atoms with E-state index in [4.69, 9.17) is 4.74 Å². The fourth-order valence-electron chi connectivity index (χ4n) is 1.88. The van der Waals surface area contributed by atoms with Gasteiger partial charge in [-0.05, 0) is 36.9 Å². The van der Waals surface area contributed by atoms with Crippen LogP contribution in [-0.2, 0) is 13.2 Å². The summed E-state index contributed by atoms with van der Waals surface area (Å²) in [5, 5.41) is 3.29. The molecule has 5 heteroatoms. The van der Waals surface area contributed by atoms with Crippen molar-refractivity contribution < 1.29 is 9.13 Å². The first-order valence-corrected chi connectivity index (χ1v) is 8.24. The van der Waals surface area contributed by atoms with Crippen molar-refractivity contribution in [3.8, 4) is 5.75 Å². The summed E-state index contributed by atoms with van der Waals surface area (Å²) >= 11 is 6.82. The zero-order valence-electron chi connectivity index (χ0n) is 11.6. The average molecular weight is 417 g/mol. The topological polar surface area (TPSA) is 21.3 Å². The Balaban J connectivity index is 2.11. The average Bonchev–Trinajstić information content (AvgIpc) is 2.45. The second kappa shape index (κ2) is 7.92. The van der Waals surface area contributed by atoms with E-state index in [0.29, 0.717) is 11.1 Å². The summed E-state index contributed by atoms with van der Waals surface area (Å²) in [5.41, 5.74) is 2.00. The van der Waals surface area contributed by atoms with Gasteiger partial charge < -0.3 is 10.1 Å². The molecule has 0 saturated heterocycles. The van der Waals surface area contributed by atoms with Crippen molar-refractivity contribution in [2.24, 2.45) is 0 Å². The number of ether oxygens (including phenoxy) is 1. The molecule has 21 heavy (non-hydrogen) atoms. The lowest BCUT2D eigenvalue weighted by Gasteiger charge is -2.13. The molecule has 0 unspecified atom stereocenters. The molecular weight excluding hydrogens is 401 g/mol. The van der Waals surface area contributed by atoms with Gasteiger partial charge in [0.25, 0.3) is 0 Å². The van der Waals surface area contributed by atoms with Crippen LogP contribution in [0.4, 0.5) is 4.39 Å². The highest BCUT2D eigenvalue weighted by Crippen LogP contribution is 2.25. The lowest BCUT2D eigenvalue weighted by Crippen LogP contribution is -2.13. The highest BCUT2D eigenvalue weighted by molar-refractivity contribution is 9.10. The van der Waals surface area contributed by atoms with Crippen molar-refractivity contribution in [1.82, 2.24) is 5.32 Å². The summed E-state index contributed by atoms with van der Waals surface area (Å²) in [7, 11) is 0. The summed E-state index contributed by atoms with van der Waals surface area (Å²) in [4.78, 5) is 0. The smallest absolute Gasteiger partial charge is 0.124 e. The Morgan fingerprint density at radius 2 is 1.90 bits per heavy atom. The Hall–Kier alpha value is -0.910. The predicted molar refractivity (Wildman–Crippen MR) is 90.0 cm³/mol. The fraction of sp³-hybridized carbons (Fsp3) is 0.250. The van der Waals surface area contributed by atoms with Crippen LogP contribution in [-0.4, -0.2) is 6.54 Å². The van der Waals surface area contributed by atoms with Gasteiger partial charge in [0.15, 0.2) is 0 Å². The van der Waals surface area contributed by atoms with E-state index in [1.54, 1.807) is 6.07 Å². The van der Waals surface area contributed by atoms with Crippen LogP contribution in [0.1, 0.15) is 18.1 Å². The molecule has 0 saturated carbocycles. The first kappa shape index (κ1) is 16.5. The molecule has 0 spiro atoms. The number of rotatable bonds is 6. The van der Waals surface area contributed by atoms with Crippen LogP contribution in [0.3, 0.4) is 0 Å². The van der Waals surface area contributed by atoms with Gasteiger partial charge in [-0.2, -0.15) is 0 Å². The quantitative estimate of drug-likeness (QED) is 0.712. The molecule has 0 aliphatic rings. The highest BCUT2D eigenvalue weighted by atomic mass is 79.9. The van der Waals surface area contributed by atoms with Crippen LogP contribution in [0.15, 0.2) is 45.3 Å².